The molecule has 0 radical (unpaired) electrons. The van der Waals surface area contributed by atoms with Gasteiger partial charge in [-0.25, -0.2) is 4.79 Å². The van der Waals surface area contributed by atoms with Crippen LogP contribution in [0, 0.1) is 0 Å². The van der Waals surface area contributed by atoms with Crippen LogP contribution >= 0.6 is 0 Å². The van der Waals surface area contributed by atoms with Gasteiger partial charge in [0, 0.05) is 6.08 Å². The van der Waals surface area contributed by atoms with E-state index in [1.54, 1.807) is 5.57 Å². The number of ether oxygens (including phenoxy) is 1. The van der Waals surface area contributed by atoms with Crippen LogP contribution in [0.15, 0.2) is 23.8 Å². The molecule has 1 rings (SSSR count). The lowest BCUT2D eigenvalue weighted by molar-refractivity contribution is -0.137. The summed E-state index contributed by atoms with van der Waals surface area (Å²) in [5.74, 6) is -0.224. The predicted octanol–water partition coefficient (Wildman–Crippen LogP) is 3.39. The molecule has 15 heavy (non-hydrogen) atoms. The van der Waals surface area contributed by atoms with Crippen LogP contribution in [0.3, 0.4) is 0 Å². The van der Waals surface area contributed by atoms with E-state index in [-0.39, 0.29) is 5.97 Å². The summed E-state index contributed by atoms with van der Waals surface area (Å²) in [4.78, 5) is 10.9. The number of rotatable bonds is 6. The molecule has 0 bridgehead atoms. The molecule has 0 spiro atoms. The van der Waals surface area contributed by atoms with Crippen LogP contribution in [0.25, 0.3) is 0 Å². The average molecular weight is 208 g/mol. The van der Waals surface area contributed by atoms with Crippen molar-refractivity contribution in [3.05, 3.63) is 23.8 Å². The summed E-state index contributed by atoms with van der Waals surface area (Å²) in [6, 6.07) is 0. The maximum absolute atomic E-state index is 10.9. The molecule has 0 aromatic carbocycles. The van der Waals surface area contributed by atoms with E-state index in [0.717, 1.165) is 12.8 Å². The number of allylic oxidation sites excluding steroid dienone is 3. The quantitative estimate of drug-likeness (QED) is 0.289. The molecule has 2 heteroatoms. The lowest BCUT2D eigenvalue weighted by Crippen LogP contribution is -1.98. The van der Waals surface area contributed by atoms with Gasteiger partial charge in [-0.15, -0.1) is 0 Å². The van der Waals surface area contributed by atoms with Crippen LogP contribution in [0.1, 0.15) is 45.4 Å². The normalized spacial score (nSPS) is 15.7. The third-order valence-electron chi connectivity index (χ3n) is 2.54. The molecule has 0 amide bonds. The molecule has 1 aliphatic rings. The first-order valence-corrected chi connectivity index (χ1v) is 5.84. The van der Waals surface area contributed by atoms with E-state index in [1.165, 1.54) is 31.8 Å². The summed E-state index contributed by atoms with van der Waals surface area (Å²) in [7, 11) is 0. The molecule has 0 aromatic rings. The topological polar surface area (TPSA) is 26.3 Å². The maximum atomic E-state index is 10.9. The van der Waals surface area contributed by atoms with E-state index < -0.39 is 0 Å². The van der Waals surface area contributed by atoms with Crippen molar-refractivity contribution in [2.24, 2.45) is 0 Å². The summed E-state index contributed by atoms with van der Waals surface area (Å²) in [6.07, 6.45) is 13.0. The highest BCUT2D eigenvalue weighted by molar-refractivity contribution is 5.81. The van der Waals surface area contributed by atoms with Crippen molar-refractivity contribution in [3.63, 3.8) is 0 Å². The predicted molar refractivity (Wildman–Crippen MR) is 61.6 cm³/mol. The zero-order valence-corrected chi connectivity index (χ0v) is 9.50. The summed E-state index contributed by atoms with van der Waals surface area (Å²) in [6.45, 7) is 2.27. The molecule has 1 aliphatic carbocycles. The Hall–Kier alpha value is -1.05. The van der Waals surface area contributed by atoms with Gasteiger partial charge in [-0.05, 0) is 45.4 Å². The summed E-state index contributed by atoms with van der Waals surface area (Å²) < 4.78 is 4.78. The molecule has 0 atom stereocenters. The number of carbonyl (C=O) groups excluding carboxylic acids is 1. The highest BCUT2D eigenvalue weighted by atomic mass is 16.5. The summed E-state index contributed by atoms with van der Waals surface area (Å²) >= 11 is 0. The number of hydrogen-bond acceptors (Lipinski definition) is 2. The number of esters is 1. The lowest BCUT2D eigenvalue weighted by Gasteiger charge is -1.98. The first-order valence-electron chi connectivity index (χ1n) is 5.84. The van der Waals surface area contributed by atoms with Crippen LogP contribution < -0.4 is 0 Å². The monoisotopic (exact) mass is 208 g/mol. The van der Waals surface area contributed by atoms with Gasteiger partial charge in [-0.2, -0.15) is 0 Å². The molecule has 0 unspecified atom stereocenters. The molecule has 0 fully saturated rings. The largest absolute Gasteiger partial charge is 0.463 e. The third-order valence-corrected chi connectivity index (χ3v) is 2.54. The van der Waals surface area contributed by atoms with Crippen LogP contribution in [0.5, 0.6) is 0 Å². The molecule has 0 aromatic heterocycles. The Labute approximate surface area is 92.0 Å². The van der Waals surface area contributed by atoms with Crippen molar-refractivity contribution in [2.45, 2.75) is 45.4 Å². The minimum absolute atomic E-state index is 0.224. The Morgan fingerprint density at radius 1 is 1.60 bits per heavy atom. The lowest BCUT2D eigenvalue weighted by atomic mass is 10.1. The van der Waals surface area contributed by atoms with Crippen molar-refractivity contribution in [1.29, 1.82) is 0 Å². The summed E-state index contributed by atoms with van der Waals surface area (Å²) in [5, 5.41) is 0. The Bertz CT molecular complexity index is 251. The first-order chi connectivity index (χ1) is 7.33. The van der Waals surface area contributed by atoms with Crippen LogP contribution in [0.2, 0.25) is 0 Å². The molecule has 0 N–H and O–H groups in total. The molecular formula is C13H20O2. The van der Waals surface area contributed by atoms with Gasteiger partial charge in [0.2, 0.25) is 0 Å². The van der Waals surface area contributed by atoms with E-state index in [1.807, 2.05) is 13.0 Å². The third kappa shape index (κ3) is 5.40. The second-order valence-electron chi connectivity index (χ2n) is 3.80. The van der Waals surface area contributed by atoms with Crippen molar-refractivity contribution in [2.75, 3.05) is 6.61 Å². The fraction of sp³-hybridized carbons (Fsp3) is 0.615. The molecular weight excluding hydrogens is 188 g/mol. The van der Waals surface area contributed by atoms with Gasteiger partial charge >= 0.3 is 5.97 Å². The zero-order chi connectivity index (χ0) is 10.9. The van der Waals surface area contributed by atoms with Gasteiger partial charge in [-0.3, -0.25) is 0 Å². The molecule has 2 nitrogen and oxygen atoms in total. The van der Waals surface area contributed by atoms with Crippen molar-refractivity contribution in [3.8, 4) is 0 Å². The Morgan fingerprint density at radius 3 is 3.13 bits per heavy atom. The van der Waals surface area contributed by atoms with Crippen molar-refractivity contribution >= 4 is 5.97 Å². The van der Waals surface area contributed by atoms with E-state index in [9.17, 15) is 4.79 Å². The standard InChI is InChI=1S/C13H20O2/c1-2-15-13(14)11-5-3-4-8-12-9-6-7-10-12/h5,9,11H,2-4,6-8,10H2,1H3/b11-5+. The maximum Gasteiger partial charge on any atom is 0.330 e. The minimum Gasteiger partial charge on any atom is -0.463 e. The number of carbonyl (C=O) groups is 1. The highest BCUT2D eigenvalue weighted by Gasteiger charge is 2.02. The Morgan fingerprint density at radius 2 is 2.47 bits per heavy atom. The van der Waals surface area contributed by atoms with Gasteiger partial charge in [-0.1, -0.05) is 17.7 Å². The van der Waals surface area contributed by atoms with Crippen molar-refractivity contribution < 1.29 is 9.53 Å². The van der Waals surface area contributed by atoms with Crippen LogP contribution in [-0.2, 0) is 9.53 Å². The molecule has 84 valence electrons. The SMILES string of the molecule is CCOC(=O)/C=C/CCCC1=CCCC1. The number of unbranched alkanes of at least 4 members (excludes halogenated alkanes) is 1. The van der Waals surface area contributed by atoms with Gasteiger partial charge in [0.15, 0.2) is 0 Å². The zero-order valence-electron chi connectivity index (χ0n) is 9.50. The van der Waals surface area contributed by atoms with Crippen LogP contribution in [-0.4, -0.2) is 12.6 Å². The smallest absolute Gasteiger partial charge is 0.330 e. The number of hydrogen-bond donors (Lipinski definition) is 0. The van der Waals surface area contributed by atoms with Gasteiger partial charge in [0.25, 0.3) is 0 Å². The van der Waals surface area contributed by atoms with E-state index in [2.05, 4.69) is 6.08 Å². The van der Waals surface area contributed by atoms with Gasteiger partial charge in [0.1, 0.15) is 0 Å². The second-order valence-corrected chi connectivity index (χ2v) is 3.80. The highest BCUT2D eigenvalue weighted by Crippen LogP contribution is 2.22. The van der Waals surface area contributed by atoms with E-state index in [0.29, 0.717) is 6.61 Å². The Balaban J connectivity index is 2.03. The second kappa shape index (κ2) is 7.27. The average Bonchev–Trinajstić information content (AvgIpc) is 2.70. The molecule has 0 aliphatic heterocycles. The van der Waals surface area contributed by atoms with Gasteiger partial charge in [0.05, 0.1) is 6.61 Å². The van der Waals surface area contributed by atoms with Gasteiger partial charge < -0.3 is 4.74 Å². The summed E-state index contributed by atoms with van der Waals surface area (Å²) in [5.41, 5.74) is 1.60. The molecule has 0 heterocycles. The van der Waals surface area contributed by atoms with E-state index >= 15 is 0 Å². The first kappa shape index (κ1) is 12.0. The fourth-order valence-corrected chi connectivity index (χ4v) is 1.78. The molecule has 0 saturated carbocycles. The molecule has 0 saturated heterocycles. The fourth-order valence-electron chi connectivity index (χ4n) is 1.78. The van der Waals surface area contributed by atoms with E-state index in [4.69, 9.17) is 4.74 Å². The van der Waals surface area contributed by atoms with Crippen molar-refractivity contribution in [1.82, 2.24) is 0 Å². The van der Waals surface area contributed by atoms with Crippen LogP contribution in [0.4, 0.5) is 0 Å². The minimum atomic E-state index is -0.224. The Kier molecular flexibility index (Phi) is 5.83.